The Kier molecular flexibility index (Phi) is 8.63. The molecule has 0 saturated heterocycles. The third kappa shape index (κ3) is 7.38. The molecule has 0 unspecified atom stereocenters. The highest BCUT2D eigenvalue weighted by atomic mass is 35.5. The Labute approximate surface area is 190 Å². The molecule has 2 aromatic rings. The molecular weight excluding hydrogens is 469 g/mol. The Balaban J connectivity index is 2.05. The van der Waals surface area contributed by atoms with Crippen LogP contribution < -0.4 is 25.5 Å². The van der Waals surface area contributed by atoms with E-state index in [1.165, 1.54) is 38.6 Å². The second kappa shape index (κ2) is 11.2. The second-order valence-corrected chi connectivity index (χ2v) is 6.63. The monoisotopic (exact) mass is 486 g/mol. The van der Waals surface area contributed by atoms with E-state index in [2.05, 4.69) is 15.7 Å². The molecule has 176 valence electrons. The van der Waals surface area contributed by atoms with E-state index in [1.54, 1.807) is 0 Å². The van der Waals surface area contributed by atoms with Gasteiger partial charge in [-0.2, -0.15) is 18.3 Å². The first-order chi connectivity index (χ1) is 15.5. The lowest BCUT2D eigenvalue weighted by molar-refractivity contribution is -0.138. The number of methoxy groups -OCH3 is 1. The van der Waals surface area contributed by atoms with Crippen molar-refractivity contribution in [2.24, 2.45) is 5.10 Å². The van der Waals surface area contributed by atoms with Gasteiger partial charge in [-0.25, -0.2) is 5.43 Å². The largest absolute Gasteiger partial charge is 0.493 e. The molecule has 0 spiro atoms. The zero-order chi connectivity index (χ0) is 24.6. The SMILES string of the molecule is CNC(=O)C(=O)N/N=C\c1cc(Cl)c(OCC(=O)Nc2cccc(C(F)(F)F)c2)c(OC)c1. The number of benzene rings is 2. The minimum Gasteiger partial charge on any atom is -0.493 e. The lowest BCUT2D eigenvalue weighted by atomic mass is 10.2. The molecule has 0 aliphatic heterocycles. The third-order valence-corrected chi connectivity index (χ3v) is 4.17. The van der Waals surface area contributed by atoms with E-state index in [4.69, 9.17) is 21.1 Å². The number of carbonyl (C=O) groups excluding carboxylic acids is 3. The van der Waals surface area contributed by atoms with E-state index >= 15 is 0 Å². The predicted molar refractivity (Wildman–Crippen MR) is 113 cm³/mol. The topological polar surface area (TPSA) is 118 Å². The van der Waals surface area contributed by atoms with Crippen LogP contribution in [0.3, 0.4) is 0 Å². The molecule has 2 aromatic carbocycles. The number of nitrogens with one attached hydrogen (secondary N) is 3. The summed E-state index contributed by atoms with van der Waals surface area (Å²) >= 11 is 6.17. The summed E-state index contributed by atoms with van der Waals surface area (Å²) in [7, 11) is 2.60. The molecule has 0 radical (unpaired) electrons. The number of nitrogens with zero attached hydrogens (tertiary/aromatic N) is 1. The quantitative estimate of drug-likeness (QED) is 0.316. The first-order valence-electron chi connectivity index (χ1n) is 9.07. The van der Waals surface area contributed by atoms with Crippen LogP contribution in [0.5, 0.6) is 11.5 Å². The number of hydrogen-bond donors (Lipinski definition) is 3. The number of anilines is 1. The smallest absolute Gasteiger partial charge is 0.416 e. The fourth-order valence-corrected chi connectivity index (χ4v) is 2.67. The van der Waals surface area contributed by atoms with Crippen LogP contribution in [0.25, 0.3) is 0 Å². The first-order valence-corrected chi connectivity index (χ1v) is 9.45. The standard InChI is InChI=1S/C20H18ClF3N4O5/c1-25-18(30)19(31)28-26-9-11-6-14(21)17(15(7-11)32-2)33-10-16(29)27-13-5-3-4-12(8-13)20(22,23)24/h3-9H,10H2,1-2H3,(H,25,30)(H,27,29)(H,28,31)/b26-9-. The fraction of sp³-hybridized carbons (Fsp3) is 0.200. The summed E-state index contributed by atoms with van der Waals surface area (Å²) in [4.78, 5) is 34.6. The summed E-state index contributed by atoms with van der Waals surface area (Å²) in [6.45, 7) is -0.568. The van der Waals surface area contributed by atoms with Gasteiger partial charge in [0.1, 0.15) is 0 Å². The number of amides is 3. The Morgan fingerprint density at radius 2 is 1.88 bits per heavy atom. The zero-order valence-electron chi connectivity index (χ0n) is 17.2. The summed E-state index contributed by atoms with van der Waals surface area (Å²) in [5.74, 6) is -2.46. The van der Waals surface area contributed by atoms with Crippen LogP contribution in [-0.4, -0.2) is 44.7 Å². The normalized spacial score (nSPS) is 11.1. The molecule has 0 heterocycles. The lowest BCUT2D eigenvalue weighted by Gasteiger charge is -2.14. The van der Waals surface area contributed by atoms with E-state index in [1.807, 2.05) is 5.43 Å². The molecule has 9 nitrogen and oxygen atoms in total. The summed E-state index contributed by atoms with van der Waals surface area (Å²) < 4.78 is 48.9. The Hall–Kier alpha value is -3.80. The van der Waals surface area contributed by atoms with Crippen molar-refractivity contribution in [2.45, 2.75) is 6.18 Å². The summed E-state index contributed by atoms with van der Waals surface area (Å²) in [6.07, 6.45) is -3.35. The average Bonchev–Trinajstić information content (AvgIpc) is 2.76. The second-order valence-electron chi connectivity index (χ2n) is 6.23. The maximum atomic E-state index is 12.8. The van der Waals surface area contributed by atoms with Gasteiger partial charge >= 0.3 is 18.0 Å². The van der Waals surface area contributed by atoms with Crippen molar-refractivity contribution in [3.8, 4) is 11.5 Å². The van der Waals surface area contributed by atoms with Crippen LogP contribution in [0, 0.1) is 0 Å². The van der Waals surface area contributed by atoms with Crippen molar-refractivity contribution in [2.75, 3.05) is 26.1 Å². The number of hydrazone groups is 1. The molecule has 3 amide bonds. The molecule has 0 aliphatic carbocycles. The van der Waals surface area contributed by atoms with Gasteiger partial charge in [-0.1, -0.05) is 17.7 Å². The van der Waals surface area contributed by atoms with Crippen molar-refractivity contribution >= 4 is 41.2 Å². The first kappa shape index (κ1) is 25.5. The molecule has 0 atom stereocenters. The summed E-state index contributed by atoms with van der Waals surface area (Å²) in [5, 5.41) is 8.08. The number of hydrogen-bond acceptors (Lipinski definition) is 6. The molecule has 13 heteroatoms. The molecule has 0 saturated carbocycles. The van der Waals surface area contributed by atoms with Gasteiger partial charge in [-0.3, -0.25) is 14.4 Å². The number of likely N-dealkylation sites (N-methyl/N-ethyl adjacent to an activating group) is 1. The number of carbonyl (C=O) groups is 3. The molecule has 0 bridgehead atoms. The van der Waals surface area contributed by atoms with Crippen molar-refractivity contribution in [1.29, 1.82) is 0 Å². The van der Waals surface area contributed by atoms with E-state index in [0.29, 0.717) is 5.56 Å². The predicted octanol–water partition coefficient (Wildman–Crippen LogP) is 2.58. The highest BCUT2D eigenvalue weighted by Gasteiger charge is 2.30. The number of alkyl halides is 3. The summed E-state index contributed by atoms with van der Waals surface area (Å²) in [5.41, 5.74) is 1.42. The van der Waals surface area contributed by atoms with Crippen molar-refractivity contribution < 1.29 is 37.0 Å². The zero-order valence-corrected chi connectivity index (χ0v) is 18.0. The van der Waals surface area contributed by atoms with E-state index in [9.17, 15) is 27.6 Å². The Morgan fingerprint density at radius 1 is 1.15 bits per heavy atom. The molecular formula is C20H18ClF3N4O5. The van der Waals surface area contributed by atoms with Crippen LogP contribution >= 0.6 is 11.6 Å². The maximum absolute atomic E-state index is 12.8. The van der Waals surface area contributed by atoms with Crippen LogP contribution in [0.4, 0.5) is 18.9 Å². The minimum atomic E-state index is -4.55. The van der Waals surface area contributed by atoms with Gasteiger partial charge in [-0.15, -0.1) is 0 Å². The number of halogens is 4. The highest BCUT2D eigenvalue weighted by molar-refractivity contribution is 6.35. The van der Waals surface area contributed by atoms with Gasteiger partial charge in [0.15, 0.2) is 18.1 Å². The van der Waals surface area contributed by atoms with Crippen LogP contribution in [0.1, 0.15) is 11.1 Å². The maximum Gasteiger partial charge on any atom is 0.416 e. The van der Waals surface area contributed by atoms with Gasteiger partial charge in [0.05, 0.1) is 23.9 Å². The molecule has 3 N–H and O–H groups in total. The van der Waals surface area contributed by atoms with Gasteiger partial charge in [0.2, 0.25) is 0 Å². The van der Waals surface area contributed by atoms with Gasteiger partial charge in [0.25, 0.3) is 5.91 Å². The van der Waals surface area contributed by atoms with E-state index in [-0.39, 0.29) is 22.2 Å². The third-order valence-electron chi connectivity index (χ3n) is 3.89. The van der Waals surface area contributed by atoms with Crippen molar-refractivity contribution in [3.63, 3.8) is 0 Å². The highest BCUT2D eigenvalue weighted by Crippen LogP contribution is 2.36. The Bertz CT molecular complexity index is 1080. The Morgan fingerprint density at radius 3 is 2.52 bits per heavy atom. The molecule has 33 heavy (non-hydrogen) atoms. The van der Waals surface area contributed by atoms with Gasteiger partial charge in [-0.05, 0) is 35.9 Å². The average molecular weight is 487 g/mol. The molecule has 2 rings (SSSR count). The van der Waals surface area contributed by atoms with Crippen LogP contribution in [0.2, 0.25) is 5.02 Å². The van der Waals surface area contributed by atoms with Gasteiger partial charge < -0.3 is 20.1 Å². The van der Waals surface area contributed by atoms with E-state index < -0.39 is 36.1 Å². The fourth-order valence-electron chi connectivity index (χ4n) is 2.39. The lowest BCUT2D eigenvalue weighted by Crippen LogP contribution is -2.35. The number of rotatable bonds is 7. The molecule has 0 aromatic heterocycles. The van der Waals surface area contributed by atoms with E-state index in [0.717, 1.165) is 18.2 Å². The molecule has 0 fully saturated rings. The van der Waals surface area contributed by atoms with Crippen LogP contribution in [-0.2, 0) is 20.6 Å². The van der Waals surface area contributed by atoms with Crippen molar-refractivity contribution in [3.05, 3.63) is 52.5 Å². The molecule has 0 aliphatic rings. The van der Waals surface area contributed by atoms with Crippen molar-refractivity contribution in [1.82, 2.24) is 10.7 Å². The number of ether oxygens (including phenoxy) is 2. The van der Waals surface area contributed by atoms with Crippen LogP contribution in [0.15, 0.2) is 41.5 Å². The minimum absolute atomic E-state index is 0.00454. The summed E-state index contributed by atoms with van der Waals surface area (Å²) in [6, 6.07) is 6.96. The van der Waals surface area contributed by atoms with Gasteiger partial charge in [0, 0.05) is 12.7 Å².